The van der Waals surface area contributed by atoms with Crippen molar-refractivity contribution in [1.29, 1.82) is 0 Å². The van der Waals surface area contributed by atoms with Gasteiger partial charge in [-0.25, -0.2) is 4.39 Å². The minimum atomic E-state index is -0.732. The Kier molecular flexibility index (Phi) is 4.39. The van der Waals surface area contributed by atoms with Crippen LogP contribution in [0, 0.1) is 5.82 Å². The molecule has 2 rings (SSSR count). The summed E-state index contributed by atoms with van der Waals surface area (Å²) in [7, 11) is 1.62. The molecule has 0 unspecified atom stereocenters. The van der Waals surface area contributed by atoms with Crippen LogP contribution in [0.4, 0.5) is 15.8 Å². The number of hydrogen-bond acceptors (Lipinski definition) is 3. The van der Waals surface area contributed by atoms with Crippen LogP contribution in [0.5, 0.6) is 0 Å². The average Bonchev–Trinajstić information content (AvgIpc) is 2.70. The number of aromatic nitrogens is 2. The second-order valence-corrected chi connectivity index (χ2v) is 5.21. The maximum atomic E-state index is 13.3. The van der Waals surface area contributed by atoms with E-state index < -0.39 is 11.7 Å². The van der Waals surface area contributed by atoms with E-state index in [4.69, 9.17) is 28.9 Å². The average molecular weight is 331 g/mol. The molecule has 5 nitrogen and oxygen atoms in total. The number of carbonyl (C=O) groups excluding carboxylic acids is 1. The molecular formula is C13H13Cl2FN4O. The molecule has 8 heteroatoms. The lowest BCUT2D eigenvalue weighted by Gasteiger charge is -2.08. The fourth-order valence-electron chi connectivity index (χ4n) is 1.94. The summed E-state index contributed by atoms with van der Waals surface area (Å²) in [5.41, 5.74) is 7.35. The quantitative estimate of drug-likeness (QED) is 0.848. The number of nitrogens with one attached hydrogen (secondary N) is 1. The van der Waals surface area contributed by atoms with Gasteiger partial charge in [-0.05, 0) is 18.6 Å². The lowest BCUT2D eigenvalue weighted by atomic mass is 10.2. The summed E-state index contributed by atoms with van der Waals surface area (Å²) < 4.78 is 14.7. The Morgan fingerprint density at radius 3 is 2.48 bits per heavy atom. The first-order valence-electron chi connectivity index (χ1n) is 6.12. The molecule has 0 bridgehead atoms. The second-order valence-electron chi connectivity index (χ2n) is 4.39. The largest absolute Gasteiger partial charge is 0.395 e. The van der Waals surface area contributed by atoms with Crippen molar-refractivity contribution >= 4 is 40.5 Å². The third kappa shape index (κ3) is 2.96. The SMILES string of the molecule is CCc1nn(C)c(C(=O)Nc2cc(Cl)c(F)c(Cl)c2)c1N. The van der Waals surface area contributed by atoms with Crippen molar-refractivity contribution in [2.75, 3.05) is 11.1 Å². The smallest absolute Gasteiger partial charge is 0.276 e. The van der Waals surface area contributed by atoms with Crippen LogP contribution in [-0.2, 0) is 13.5 Å². The third-order valence-corrected chi connectivity index (χ3v) is 3.50. The summed E-state index contributed by atoms with van der Waals surface area (Å²) in [5, 5.41) is 6.38. The zero-order valence-electron chi connectivity index (χ0n) is 11.4. The van der Waals surface area contributed by atoms with Gasteiger partial charge in [0.15, 0.2) is 5.82 Å². The van der Waals surface area contributed by atoms with E-state index in [0.717, 1.165) is 0 Å². The van der Waals surface area contributed by atoms with Gasteiger partial charge in [-0.1, -0.05) is 30.1 Å². The summed E-state index contributed by atoms with van der Waals surface area (Å²) in [6.45, 7) is 1.89. The predicted molar refractivity (Wildman–Crippen MR) is 81.4 cm³/mol. The number of nitrogens with two attached hydrogens (primary N) is 1. The Labute approximate surface area is 130 Å². The molecule has 1 aromatic carbocycles. The third-order valence-electron chi connectivity index (χ3n) is 2.95. The topological polar surface area (TPSA) is 72.9 Å². The zero-order chi connectivity index (χ0) is 15.7. The van der Waals surface area contributed by atoms with Crippen molar-refractivity contribution < 1.29 is 9.18 Å². The highest BCUT2D eigenvalue weighted by Gasteiger charge is 2.20. The molecule has 1 amide bonds. The standard InChI is InChI=1S/C13H13Cl2FN4O/c1-3-9-11(17)12(20(2)19-9)13(21)18-6-4-7(14)10(16)8(15)5-6/h4-5H,3,17H2,1-2H3,(H,18,21). The Morgan fingerprint density at radius 2 is 2.00 bits per heavy atom. The van der Waals surface area contributed by atoms with Crippen LogP contribution < -0.4 is 11.1 Å². The highest BCUT2D eigenvalue weighted by molar-refractivity contribution is 6.35. The summed E-state index contributed by atoms with van der Waals surface area (Å²) in [5.74, 6) is -1.20. The molecule has 3 N–H and O–H groups in total. The molecule has 2 aromatic rings. The minimum Gasteiger partial charge on any atom is -0.395 e. The number of carbonyl (C=O) groups is 1. The molecule has 112 valence electrons. The van der Waals surface area contributed by atoms with Crippen LogP contribution in [-0.4, -0.2) is 15.7 Å². The van der Waals surface area contributed by atoms with Gasteiger partial charge in [0.2, 0.25) is 0 Å². The van der Waals surface area contributed by atoms with Gasteiger partial charge < -0.3 is 11.1 Å². The van der Waals surface area contributed by atoms with Gasteiger partial charge >= 0.3 is 0 Å². The van der Waals surface area contributed by atoms with Crippen molar-refractivity contribution in [1.82, 2.24) is 9.78 Å². The van der Waals surface area contributed by atoms with Crippen molar-refractivity contribution in [3.8, 4) is 0 Å². The van der Waals surface area contributed by atoms with Gasteiger partial charge in [0.25, 0.3) is 5.91 Å². The number of amides is 1. The molecular weight excluding hydrogens is 318 g/mol. The Morgan fingerprint density at radius 1 is 1.43 bits per heavy atom. The zero-order valence-corrected chi connectivity index (χ0v) is 12.9. The number of benzene rings is 1. The van der Waals surface area contributed by atoms with E-state index in [9.17, 15) is 9.18 Å². The van der Waals surface area contributed by atoms with E-state index >= 15 is 0 Å². The monoisotopic (exact) mass is 330 g/mol. The highest BCUT2D eigenvalue weighted by Crippen LogP contribution is 2.28. The van der Waals surface area contributed by atoms with E-state index in [2.05, 4.69) is 10.4 Å². The lowest BCUT2D eigenvalue weighted by molar-refractivity contribution is 0.101. The molecule has 0 aliphatic rings. The molecule has 0 spiro atoms. The molecule has 0 radical (unpaired) electrons. The maximum absolute atomic E-state index is 13.3. The van der Waals surface area contributed by atoms with E-state index in [1.54, 1.807) is 7.05 Å². The molecule has 0 aliphatic heterocycles. The lowest BCUT2D eigenvalue weighted by Crippen LogP contribution is -2.17. The fourth-order valence-corrected chi connectivity index (χ4v) is 2.43. The van der Waals surface area contributed by atoms with E-state index in [-0.39, 0.29) is 21.4 Å². The number of nitrogens with zero attached hydrogens (tertiary/aromatic N) is 2. The first-order valence-corrected chi connectivity index (χ1v) is 6.88. The molecule has 1 aromatic heterocycles. The van der Waals surface area contributed by atoms with Gasteiger partial charge in [0, 0.05) is 12.7 Å². The summed E-state index contributed by atoms with van der Waals surface area (Å²) >= 11 is 11.4. The van der Waals surface area contributed by atoms with Crippen molar-refractivity contribution in [3.63, 3.8) is 0 Å². The Hall–Kier alpha value is -1.79. The van der Waals surface area contributed by atoms with Gasteiger partial charge in [-0.3, -0.25) is 9.48 Å². The number of aryl methyl sites for hydroxylation is 2. The van der Waals surface area contributed by atoms with E-state index in [1.807, 2.05) is 6.92 Å². The Bertz CT molecular complexity index is 691. The first kappa shape index (κ1) is 15.6. The highest BCUT2D eigenvalue weighted by atomic mass is 35.5. The van der Waals surface area contributed by atoms with Crippen LogP contribution in [0.2, 0.25) is 10.0 Å². The van der Waals surface area contributed by atoms with Crippen LogP contribution in [0.15, 0.2) is 12.1 Å². The Balaban J connectivity index is 2.33. The maximum Gasteiger partial charge on any atom is 0.276 e. The molecule has 21 heavy (non-hydrogen) atoms. The van der Waals surface area contributed by atoms with Crippen LogP contribution in [0.25, 0.3) is 0 Å². The summed E-state index contributed by atoms with van der Waals surface area (Å²) in [4.78, 5) is 12.3. The van der Waals surface area contributed by atoms with Crippen LogP contribution in [0.3, 0.4) is 0 Å². The number of rotatable bonds is 3. The first-order chi connectivity index (χ1) is 9.85. The van der Waals surface area contributed by atoms with Crippen molar-refractivity contribution in [2.24, 2.45) is 7.05 Å². The van der Waals surface area contributed by atoms with Crippen molar-refractivity contribution in [2.45, 2.75) is 13.3 Å². The number of hydrogen-bond donors (Lipinski definition) is 2. The molecule has 0 saturated heterocycles. The number of halogens is 3. The van der Waals surface area contributed by atoms with E-state index in [0.29, 0.717) is 17.8 Å². The van der Waals surface area contributed by atoms with Crippen molar-refractivity contribution in [3.05, 3.63) is 39.4 Å². The fraction of sp³-hybridized carbons (Fsp3) is 0.231. The van der Waals surface area contributed by atoms with Gasteiger partial charge in [0.1, 0.15) is 5.69 Å². The van der Waals surface area contributed by atoms with E-state index in [1.165, 1.54) is 16.8 Å². The number of anilines is 2. The van der Waals surface area contributed by atoms with Gasteiger partial charge in [0.05, 0.1) is 21.4 Å². The molecule has 0 aliphatic carbocycles. The van der Waals surface area contributed by atoms with Crippen LogP contribution in [0.1, 0.15) is 23.1 Å². The summed E-state index contributed by atoms with van der Waals surface area (Å²) in [6.07, 6.45) is 0.612. The number of nitrogen functional groups attached to an aromatic ring is 1. The second kappa shape index (κ2) is 5.91. The molecule has 1 heterocycles. The van der Waals surface area contributed by atoms with Gasteiger partial charge in [-0.2, -0.15) is 5.10 Å². The van der Waals surface area contributed by atoms with Crippen LogP contribution >= 0.6 is 23.2 Å². The molecule has 0 fully saturated rings. The minimum absolute atomic E-state index is 0.176. The van der Waals surface area contributed by atoms with Gasteiger partial charge in [-0.15, -0.1) is 0 Å². The normalized spacial score (nSPS) is 10.7. The predicted octanol–water partition coefficient (Wildman–Crippen LogP) is 3.26. The molecule has 0 saturated carbocycles. The molecule has 0 atom stereocenters. The summed E-state index contributed by atoms with van der Waals surface area (Å²) in [6, 6.07) is 2.54.